The first-order chi connectivity index (χ1) is 11.6. The highest BCUT2D eigenvalue weighted by Gasteiger charge is 2.33. The largest absolute Gasteiger partial charge is 0.366 e. The van der Waals surface area contributed by atoms with Crippen molar-refractivity contribution in [2.45, 2.75) is 65.3 Å². The van der Waals surface area contributed by atoms with E-state index >= 15 is 0 Å². The van der Waals surface area contributed by atoms with Crippen LogP contribution in [0.25, 0.3) is 11.1 Å². The number of nitrogens with two attached hydrogens (primary N) is 1. The number of amides is 1. The maximum atomic E-state index is 12.3. The minimum atomic E-state index is -0.304. The Morgan fingerprint density at radius 2 is 1.92 bits per heavy atom. The van der Waals surface area contributed by atoms with Crippen molar-refractivity contribution in [3.05, 3.63) is 46.8 Å². The maximum Gasteiger partial charge on any atom is 0.251 e. The van der Waals surface area contributed by atoms with Gasteiger partial charge in [-0.25, -0.2) is 0 Å². The highest BCUT2D eigenvalue weighted by atomic mass is 16.1. The van der Waals surface area contributed by atoms with E-state index in [1.54, 1.807) is 0 Å². The van der Waals surface area contributed by atoms with Gasteiger partial charge in [-0.2, -0.15) is 0 Å². The lowest BCUT2D eigenvalue weighted by atomic mass is 9.94. The molecule has 1 heterocycles. The van der Waals surface area contributed by atoms with Crippen molar-refractivity contribution < 1.29 is 4.79 Å². The van der Waals surface area contributed by atoms with Crippen LogP contribution in [-0.4, -0.2) is 10.5 Å². The van der Waals surface area contributed by atoms with E-state index in [9.17, 15) is 4.79 Å². The molecule has 1 amide bonds. The van der Waals surface area contributed by atoms with Gasteiger partial charge >= 0.3 is 0 Å². The Labute approximate surface area is 144 Å². The SMILES string of the molecule is CCCCCc1c(-c2ccccc2C)c(C(N)=O)c(C)n1C1CC1. The van der Waals surface area contributed by atoms with E-state index in [2.05, 4.69) is 37.5 Å². The van der Waals surface area contributed by atoms with Gasteiger partial charge in [-0.3, -0.25) is 4.79 Å². The van der Waals surface area contributed by atoms with Crippen LogP contribution in [0.1, 0.15) is 72.4 Å². The summed E-state index contributed by atoms with van der Waals surface area (Å²) in [6.45, 7) is 6.39. The zero-order valence-electron chi connectivity index (χ0n) is 15.1. The Morgan fingerprint density at radius 3 is 2.50 bits per heavy atom. The summed E-state index contributed by atoms with van der Waals surface area (Å²) < 4.78 is 2.41. The van der Waals surface area contributed by atoms with E-state index in [0.717, 1.165) is 35.2 Å². The molecular formula is C21H28N2O. The molecule has 1 saturated carbocycles. The van der Waals surface area contributed by atoms with Crippen LogP contribution < -0.4 is 5.73 Å². The van der Waals surface area contributed by atoms with Crippen molar-refractivity contribution >= 4 is 5.91 Å². The standard InChI is InChI=1S/C21H28N2O/c1-4-5-6-11-18-20(17-10-8-7-9-14(17)2)19(21(22)24)15(3)23(18)16-12-13-16/h7-10,16H,4-6,11-13H2,1-3H3,(H2,22,24). The third kappa shape index (κ3) is 3.00. The number of hydrogen-bond donors (Lipinski definition) is 1. The quantitative estimate of drug-likeness (QED) is 0.721. The zero-order valence-corrected chi connectivity index (χ0v) is 15.1. The summed E-state index contributed by atoms with van der Waals surface area (Å²) in [4.78, 5) is 12.3. The normalized spacial score (nSPS) is 14.1. The molecule has 0 saturated heterocycles. The van der Waals surface area contributed by atoms with Gasteiger partial charge in [0, 0.05) is 23.0 Å². The average molecular weight is 324 g/mol. The number of aryl methyl sites for hydroxylation is 1. The van der Waals surface area contributed by atoms with Gasteiger partial charge in [0.15, 0.2) is 0 Å². The Kier molecular flexibility index (Phi) is 4.79. The molecule has 0 bridgehead atoms. The Balaban J connectivity index is 2.21. The fourth-order valence-corrected chi connectivity index (χ4v) is 3.83. The topological polar surface area (TPSA) is 48.0 Å². The monoisotopic (exact) mass is 324 g/mol. The second-order valence-electron chi connectivity index (χ2n) is 7.02. The summed E-state index contributed by atoms with van der Waals surface area (Å²) in [5.74, 6) is -0.304. The molecule has 0 spiro atoms. The number of aromatic nitrogens is 1. The lowest BCUT2D eigenvalue weighted by Crippen LogP contribution is -2.13. The molecule has 128 valence electrons. The molecule has 1 aromatic heterocycles. The number of rotatable bonds is 7. The van der Waals surface area contributed by atoms with Crippen molar-refractivity contribution in [2.24, 2.45) is 5.73 Å². The van der Waals surface area contributed by atoms with Gasteiger partial charge in [0.1, 0.15) is 0 Å². The zero-order chi connectivity index (χ0) is 17.3. The first-order valence-corrected chi connectivity index (χ1v) is 9.15. The molecule has 1 aliphatic rings. The molecule has 0 radical (unpaired) electrons. The molecule has 2 N–H and O–H groups in total. The lowest BCUT2D eigenvalue weighted by molar-refractivity contribution is 0.1000. The molecule has 1 aromatic carbocycles. The number of primary amides is 1. The fourth-order valence-electron chi connectivity index (χ4n) is 3.83. The van der Waals surface area contributed by atoms with Crippen molar-refractivity contribution in [1.29, 1.82) is 0 Å². The van der Waals surface area contributed by atoms with Gasteiger partial charge in [-0.05, 0) is 50.7 Å². The maximum absolute atomic E-state index is 12.3. The van der Waals surface area contributed by atoms with Crippen LogP contribution in [0.3, 0.4) is 0 Å². The molecular weight excluding hydrogens is 296 g/mol. The number of hydrogen-bond acceptors (Lipinski definition) is 1. The van der Waals surface area contributed by atoms with Crippen LogP contribution >= 0.6 is 0 Å². The van der Waals surface area contributed by atoms with Gasteiger partial charge in [-0.1, -0.05) is 44.0 Å². The molecule has 0 aliphatic heterocycles. The molecule has 3 nitrogen and oxygen atoms in total. The van der Waals surface area contributed by atoms with Gasteiger partial charge in [0.2, 0.25) is 0 Å². The minimum absolute atomic E-state index is 0.304. The smallest absolute Gasteiger partial charge is 0.251 e. The third-order valence-electron chi connectivity index (χ3n) is 5.14. The van der Waals surface area contributed by atoms with Crippen LogP contribution in [-0.2, 0) is 6.42 Å². The molecule has 1 aliphatic carbocycles. The summed E-state index contributed by atoms with van der Waals surface area (Å²) in [5, 5.41) is 0. The first-order valence-electron chi connectivity index (χ1n) is 9.15. The van der Waals surface area contributed by atoms with Crippen molar-refractivity contribution in [2.75, 3.05) is 0 Å². The van der Waals surface area contributed by atoms with Crippen molar-refractivity contribution in [1.82, 2.24) is 4.57 Å². The van der Waals surface area contributed by atoms with E-state index in [1.807, 2.05) is 12.1 Å². The molecule has 0 unspecified atom stereocenters. The van der Waals surface area contributed by atoms with Gasteiger partial charge < -0.3 is 10.3 Å². The van der Waals surface area contributed by atoms with Crippen molar-refractivity contribution in [3.8, 4) is 11.1 Å². The second-order valence-corrected chi connectivity index (χ2v) is 7.02. The average Bonchev–Trinajstić information content (AvgIpc) is 3.33. The summed E-state index contributed by atoms with van der Waals surface area (Å²) in [7, 11) is 0. The molecule has 0 atom stereocenters. The van der Waals surface area contributed by atoms with Crippen LogP contribution in [0.15, 0.2) is 24.3 Å². The Bertz CT molecular complexity index is 753. The molecule has 3 heteroatoms. The van der Waals surface area contributed by atoms with Gasteiger partial charge in [-0.15, -0.1) is 0 Å². The summed E-state index contributed by atoms with van der Waals surface area (Å²) in [6.07, 6.45) is 7.01. The Hall–Kier alpha value is -2.03. The van der Waals surface area contributed by atoms with E-state index in [4.69, 9.17) is 5.73 Å². The highest BCUT2D eigenvalue weighted by molar-refractivity contribution is 6.02. The number of benzene rings is 1. The van der Waals surface area contributed by atoms with E-state index in [-0.39, 0.29) is 5.91 Å². The number of unbranched alkanes of at least 4 members (excludes halogenated alkanes) is 2. The van der Waals surface area contributed by atoms with Gasteiger partial charge in [0.25, 0.3) is 5.91 Å². The summed E-state index contributed by atoms with van der Waals surface area (Å²) >= 11 is 0. The molecule has 3 rings (SSSR count). The van der Waals surface area contributed by atoms with Crippen LogP contribution in [0.4, 0.5) is 0 Å². The second kappa shape index (κ2) is 6.84. The predicted molar refractivity (Wildman–Crippen MR) is 99.4 cm³/mol. The lowest BCUT2D eigenvalue weighted by Gasteiger charge is -2.13. The third-order valence-corrected chi connectivity index (χ3v) is 5.14. The minimum Gasteiger partial charge on any atom is -0.366 e. The number of carbonyl (C=O) groups excluding carboxylic acids is 1. The first kappa shape index (κ1) is 16.8. The van der Waals surface area contributed by atoms with Crippen LogP contribution in [0.5, 0.6) is 0 Å². The van der Waals surface area contributed by atoms with Crippen molar-refractivity contribution in [3.63, 3.8) is 0 Å². The van der Waals surface area contributed by atoms with E-state index in [1.165, 1.54) is 36.9 Å². The Morgan fingerprint density at radius 1 is 1.21 bits per heavy atom. The fraction of sp³-hybridized carbons (Fsp3) is 0.476. The summed E-state index contributed by atoms with van der Waals surface area (Å²) in [6, 6.07) is 8.88. The molecule has 1 fully saturated rings. The predicted octanol–water partition coefficient (Wildman–Crippen LogP) is 4.94. The molecule has 2 aromatic rings. The number of carbonyl (C=O) groups is 1. The molecule has 24 heavy (non-hydrogen) atoms. The van der Waals surface area contributed by atoms with E-state index in [0.29, 0.717) is 6.04 Å². The summed E-state index contributed by atoms with van der Waals surface area (Å²) in [5.41, 5.74) is 12.3. The van der Waals surface area contributed by atoms with Gasteiger partial charge in [0.05, 0.1) is 5.56 Å². The van der Waals surface area contributed by atoms with E-state index < -0.39 is 0 Å². The number of nitrogens with zero attached hydrogens (tertiary/aromatic N) is 1. The highest BCUT2D eigenvalue weighted by Crippen LogP contribution is 2.44. The van der Waals surface area contributed by atoms with Crippen LogP contribution in [0, 0.1) is 13.8 Å². The van der Waals surface area contributed by atoms with Crippen LogP contribution in [0.2, 0.25) is 0 Å².